The number of aromatic nitrogens is 3. The van der Waals surface area contributed by atoms with E-state index < -0.39 is 59.6 Å². The molecule has 38 heavy (non-hydrogen) atoms. The minimum atomic E-state index is -5.83. The molecule has 0 spiro atoms. The SMILES string of the molecule is CC(=O)NCC(OC(=O)C(F)(F)F)(c1ccc(C)c(-c2cnc3c(N)nc(C(F)(F)F)cn23)c1)C(F)(F)F. The third-order valence-corrected chi connectivity index (χ3v) is 5.33. The number of esters is 1. The van der Waals surface area contributed by atoms with E-state index in [1.165, 1.54) is 6.92 Å². The molecule has 17 heteroatoms. The molecule has 0 aliphatic heterocycles. The van der Waals surface area contributed by atoms with Crippen LogP contribution in [0.1, 0.15) is 23.7 Å². The van der Waals surface area contributed by atoms with Crippen molar-refractivity contribution >= 4 is 23.3 Å². The molecule has 2 heterocycles. The maximum atomic E-state index is 14.4. The molecular weight excluding hydrogens is 541 g/mol. The van der Waals surface area contributed by atoms with Gasteiger partial charge in [0.1, 0.15) is 0 Å². The first-order valence-electron chi connectivity index (χ1n) is 10.2. The summed E-state index contributed by atoms with van der Waals surface area (Å²) >= 11 is 0. The molecule has 0 aliphatic rings. The van der Waals surface area contributed by atoms with Crippen LogP contribution in [0.25, 0.3) is 16.9 Å². The molecule has 1 aromatic carbocycles. The second kappa shape index (κ2) is 9.36. The maximum absolute atomic E-state index is 14.4. The van der Waals surface area contributed by atoms with Crippen LogP contribution in [0.5, 0.6) is 0 Å². The van der Waals surface area contributed by atoms with E-state index in [1.54, 1.807) is 5.32 Å². The molecule has 1 unspecified atom stereocenters. The van der Waals surface area contributed by atoms with Gasteiger partial charge < -0.3 is 15.8 Å². The molecule has 2 aromatic heterocycles. The monoisotopic (exact) mass is 557 g/mol. The van der Waals surface area contributed by atoms with Crippen LogP contribution in [-0.2, 0) is 26.1 Å². The molecule has 1 amide bonds. The Morgan fingerprint density at radius 1 is 1.08 bits per heavy atom. The van der Waals surface area contributed by atoms with Gasteiger partial charge in [0.15, 0.2) is 17.2 Å². The number of carbonyl (C=O) groups excluding carboxylic acids is 2. The summed E-state index contributed by atoms with van der Waals surface area (Å²) in [5.41, 5.74) is -1.61. The molecule has 3 aromatic rings. The van der Waals surface area contributed by atoms with Gasteiger partial charge in [0.25, 0.3) is 0 Å². The lowest BCUT2D eigenvalue weighted by atomic mass is 9.89. The largest absolute Gasteiger partial charge is 0.490 e. The third-order valence-electron chi connectivity index (χ3n) is 5.33. The zero-order valence-corrected chi connectivity index (χ0v) is 19.1. The minimum absolute atomic E-state index is 0.150. The molecule has 0 aliphatic carbocycles. The van der Waals surface area contributed by atoms with Crippen molar-refractivity contribution in [2.45, 2.75) is 38.0 Å². The van der Waals surface area contributed by atoms with Crippen LogP contribution >= 0.6 is 0 Å². The number of ether oxygens (including phenoxy) is 1. The van der Waals surface area contributed by atoms with E-state index in [0.29, 0.717) is 18.3 Å². The van der Waals surface area contributed by atoms with Crippen molar-refractivity contribution in [2.24, 2.45) is 0 Å². The Hall–Kier alpha value is -4.05. The van der Waals surface area contributed by atoms with E-state index in [4.69, 9.17) is 5.73 Å². The Kier molecular flexibility index (Phi) is 7.02. The fraction of sp³-hybridized carbons (Fsp3) is 0.333. The molecule has 1 atom stereocenters. The first-order valence-corrected chi connectivity index (χ1v) is 10.2. The number of halogens is 9. The van der Waals surface area contributed by atoms with Crippen LogP contribution < -0.4 is 11.1 Å². The molecule has 3 N–H and O–H groups in total. The fourth-order valence-corrected chi connectivity index (χ4v) is 3.48. The Morgan fingerprint density at radius 2 is 1.71 bits per heavy atom. The quantitative estimate of drug-likeness (QED) is 0.358. The van der Waals surface area contributed by atoms with Gasteiger partial charge in [-0.1, -0.05) is 12.1 Å². The van der Waals surface area contributed by atoms with Crippen molar-refractivity contribution in [3.05, 3.63) is 47.4 Å². The number of hydrogen-bond donors (Lipinski definition) is 2. The second-order valence-electron chi connectivity index (χ2n) is 8.00. The van der Waals surface area contributed by atoms with E-state index in [0.717, 1.165) is 23.6 Å². The lowest BCUT2D eigenvalue weighted by molar-refractivity contribution is -0.288. The molecule has 206 valence electrons. The van der Waals surface area contributed by atoms with Crippen LogP contribution in [0.15, 0.2) is 30.6 Å². The van der Waals surface area contributed by atoms with Gasteiger partial charge in [-0.05, 0) is 18.6 Å². The average molecular weight is 557 g/mol. The summed E-state index contributed by atoms with van der Waals surface area (Å²) in [5.74, 6) is -4.93. The second-order valence-corrected chi connectivity index (χ2v) is 8.00. The minimum Gasteiger partial charge on any atom is -0.436 e. The standard InChI is InChI=1S/C21H16F9N5O3/c1-9-3-4-11(18(21(28,29)30,8-33-10(2)36)38-17(37)20(25,26)27)5-12(9)13-6-32-16-15(31)34-14(7-35(13)16)19(22,23)24/h3-7H,8H2,1-2H3,(H2,31,34)(H,33,36). The van der Waals surface area contributed by atoms with E-state index in [1.807, 2.05) is 0 Å². The smallest absolute Gasteiger partial charge is 0.436 e. The highest BCUT2D eigenvalue weighted by Gasteiger charge is 2.62. The summed E-state index contributed by atoms with van der Waals surface area (Å²) in [6.45, 7) is 0.485. The number of amides is 1. The summed E-state index contributed by atoms with van der Waals surface area (Å²) in [5, 5.41) is 1.71. The molecule has 0 fully saturated rings. The predicted molar refractivity (Wildman–Crippen MR) is 111 cm³/mol. The van der Waals surface area contributed by atoms with Crippen LogP contribution in [0.4, 0.5) is 45.3 Å². The summed E-state index contributed by atoms with van der Waals surface area (Å²) < 4.78 is 127. The van der Waals surface area contributed by atoms with Gasteiger partial charge in [0.2, 0.25) is 11.5 Å². The molecule has 0 bridgehead atoms. The van der Waals surface area contributed by atoms with Crippen molar-refractivity contribution in [3.8, 4) is 11.3 Å². The van der Waals surface area contributed by atoms with Gasteiger partial charge in [0, 0.05) is 24.2 Å². The number of benzene rings is 1. The van der Waals surface area contributed by atoms with E-state index in [2.05, 4.69) is 14.7 Å². The normalized spacial score (nSPS) is 14.3. The Morgan fingerprint density at radius 3 is 2.24 bits per heavy atom. The van der Waals surface area contributed by atoms with Gasteiger partial charge in [-0.25, -0.2) is 14.8 Å². The van der Waals surface area contributed by atoms with Gasteiger partial charge in [0.05, 0.1) is 18.4 Å². The maximum Gasteiger partial charge on any atom is 0.490 e. The molecule has 0 saturated carbocycles. The Labute approximate surface area is 206 Å². The van der Waals surface area contributed by atoms with Crippen LogP contribution in [-0.4, -0.2) is 45.1 Å². The van der Waals surface area contributed by atoms with Crippen LogP contribution in [0.2, 0.25) is 0 Å². The number of anilines is 1. The van der Waals surface area contributed by atoms with Crippen molar-refractivity contribution in [3.63, 3.8) is 0 Å². The van der Waals surface area contributed by atoms with E-state index in [-0.39, 0.29) is 22.5 Å². The number of aryl methyl sites for hydroxylation is 1. The van der Waals surface area contributed by atoms with Gasteiger partial charge in [-0.3, -0.25) is 9.20 Å². The lowest BCUT2D eigenvalue weighted by Crippen LogP contribution is -2.55. The summed E-state index contributed by atoms with van der Waals surface area (Å²) in [6.07, 6.45) is -15.1. The molecule has 0 saturated heterocycles. The topological polar surface area (TPSA) is 112 Å². The predicted octanol–water partition coefficient (Wildman–Crippen LogP) is 4.30. The third kappa shape index (κ3) is 5.31. The zero-order chi connectivity index (χ0) is 28.8. The van der Waals surface area contributed by atoms with E-state index in [9.17, 15) is 49.1 Å². The van der Waals surface area contributed by atoms with Crippen molar-refractivity contribution < 1.29 is 53.8 Å². The number of hydrogen-bond acceptors (Lipinski definition) is 6. The molecule has 3 rings (SSSR count). The highest BCUT2D eigenvalue weighted by Crippen LogP contribution is 2.45. The number of fused-ring (bicyclic) bond motifs is 1. The average Bonchev–Trinajstić information content (AvgIpc) is 3.19. The fourth-order valence-electron chi connectivity index (χ4n) is 3.48. The number of nitrogen functional groups attached to an aromatic ring is 1. The number of imidazole rings is 1. The number of nitrogens with two attached hydrogens (primary N) is 1. The summed E-state index contributed by atoms with van der Waals surface area (Å²) in [4.78, 5) is 30.0. The van der Waals surface area contributed by atoms with Crippen LogP contribution in [0, 0.1) is 6.92 Å². The first kappa shape index (κ1) is 28.5. The van der Waals surface area contributed by atoms with Crippen molar-refractivity contribution in [1.29, 1.82) is 0 Å². The zero-order valence-electron chi connectivity index (χ0n) is 19.1. The van der Waals surface area contributed by atoms with Gasteiger partial charge in [-0.15, -0.1) is 0 Å². The highest BCUT2D eigenvalue weighted by molar-refractivity contribution is 5.77. The Bertz CT molecular complexity index is 1400. The summed E-state index contributed by atoms with van der Waals surface area (Å²) in [6, 6.07) is 2.38. The number of nitrogens with one attached hydrogen (secondary N) is 1. The Balaban J connectivity index is 2.31. The van der Waals surface area contributed by atoms with Crippen LogP contribution in [0.3, 0.4) is 0 Å². The highest BCUT2D eigenvalue weighted by atomic mass is 19.4. The number of rotatable bonds is 5. The molecular formula is C21H16F9N5O3. The summed E-state index contributed by atoms with van der Waals surface area (Å²) in [7, 11) is 0. The van der Waals surface area contributed by atoms with E-state index >= 15 is 0 Å². The van der Waals surface area contributed by atoms with Crippen molar-refractivity contribution in [2.75, 3.05) is 12.3 Å². The number of carbonyl (C=O) groups is 2. The molecule has 0 radical (unpaired) electrons. The van der Waals surface area contributed by atoms with Gasteiger partial charge in [-0.2, -0.15) is 39.5 Å². The lowest BCUT2D eigenvalue weighted by Gasteiger charge is -2.36. The number of alkyl halides is 9. The molecule has 8 nitrogen and oxygen atoms in total. The van der Waals surface area contributed by atoms with Crippen molar-refractivity contribution in [1.82, 2.24) is 19.7 Å². The number of nitrogens with zero attached hydrogens (tertiary/aromatic N) is 3. The first-order chi connectivity index (χ1) is 17.3. The van der Waals surface area contributed by atoms with Gasteiger partial charge >= 0.3 is 24.5 Å².